The lowest BCUT2D eigenvalue weighted by Gasteiger charge is -2.24. The minimum atomic E-state index is -3.68. The first-order valence-electron chi connectivity index (χ1n) is 10.0. The Morgan fingerprint density at radius 3 is 2.38 bits per heavy atom. The van der Waals surface area contributed by atoms with Crippen LogP contribution in [0.3, 0.4) is 0 Å². The summed E-state index contributed by atoms with van der Waals surface area (Å²) in [5, 5.41) is 8.41. The Kier molecular flexibility index (Phi) is 5.46. The highest BCUT2D eigenvalue weighted by Gasteiger charge is 2.42. The fourth-order valence-electron chi connectivity index (χ4n) is 3.90. The Balaban J connectivity index is 1.79. The van der Waals surface area contributed by atoms with Crippen LogP contribution < -0.4 is 0 Å². The lowest BCUT2D eigenvalue weighted by molar-refractivity contribution is -0.114. The minimum absolute atomic E-state index is 0.0240. The highest BCUT2D eigenvalue weighted by atomic mass is 32.2. The summed E-state index contributed by atoms with van der Waals surface area (Å²) < 4.78 is 30.9. The molecule has 3 heterocycles. The number of aromatic nitrogens is 1. The van der Waals surface area contributed by atoms with E-state index in [1.54, 1.807) is 6.08 Å². The molecule has 1 aromatic heterocycles. The average Bonchev–Trinajstić information content (AvgIpc) is 3.25. The molecule has 10 heteroatoms. The van der Waals surface area contributed by atoms with Crippen molar-refractivity contribution in [2.45, 2.75) is 34.6 Å². The maximum atomic E-state index is 12.7. The summed E-state index contributed by atoms with van der Waals surface area (Å²) in [6.45, 7) is 9.52. The van der Waals surface area contributed by atoms with Gasteiger partial charge in [0.2, 0.25) is 20.2 Å². The molecular weight excluding hydrogens is 446 g/mol. The van der Waals surface area contributed by atoms with Gasteiger partial charge < -0.3 is 4.57 Å². The maximum Gasteiger partial charge on any atom is 0.283 e. The van der Waals surface area contributed by atoms with Gasteiger partial charge in [-0.3, -0.25) is 10.2 Å². The minimum Gasteiger partial charge on any atom is -0.318 e. The van der Waals surface area contributed by atoms with Crippen molar-refractivity contribution < 1.29 is 13.2 Å². The van der Waals surface area contributed by atoms with E-state index in [4.69, 9.17) is 5.41 Å². The summed E-state index contributed by atoms with van der Waals surface area (Å²) in [5.41, 5.74) is 5.98. The van der Waals surface area contributed by atoms with Crippen LogP contribution in [-0.4, -0.2) is 45.7 Å². The molecule has 0 radical (unpaired) electrons. The zero-order valence-corrected chi connectivity index (χ0v) is 20.1. The number of aryl methyl sites for hydroxylation is 3. The van der Waals surface area contributed by atoms with Gasteiger partial charge >= 0.3 is 0 Å². The number of rotatable bonds is 3. The van der Waals surface area contributed by atoms with Crippen molar-refractivity contribution in [3.63, 3.8) is 0 Å². The molecule has 0 aliphatic carbocycles. The van der Waals surface area contributed by atoms with Crippen LogP contribution in [-0.2, 0) is 14.6 Å². The molecule has 8 nitrogen and oxygen atoms in total. The van der Waals surface area contributed by atoms with Crippen molar-refractivity contribution >= 4 is 49.9 Å². The second kappa shape index (κ2) is 7.86. The number of aliphatic imine (C=N–C) groups is 1. The van der Waals surface area contributed by atoms with E-state index in [0.717, 1.165) is 50.6 Å². The normalized spacial score (nSPS) is 17.7. The molecule has 0 spiro atoms. The van der Waals surface area contributed by atoms with E-state index >= 15 is 0 Å². The summed E-state index contributed by atoms with van der Waals surface area (Å²) in [6, 6.07) is 8.23. The molecule has 2 aromatic rings. The number of amides is 1. The summed E-state index contributed by atoms with van der Waals surface area (Å²) in [5.74, 6) is -0.986. The van der Waals surface area contributed by atoms with Crippen molar-refractivity contribution in [3.05, 3.63) is 57.9 Å². The van der Waals surface area contributed by atoms with Crippen LogP contribution in [0.2, 0.25) is 0 Å². The van der Waals surface area contributed by atoms with E-state index in [0.29, 0.717) is 0 Å². The third-order valence-corrected chi connectivity index (χ3v) is 7.79. The molecule has 4 rings (SSSR count). The van der Waals surface area contributed by atoms with Gasteiger partial charge in [-0.2, -0.15) is 9.39 Å². The van der Waals surface area contributed by atoms with Gasteiger partial charge in [-0.15, -0.1) is 0 Å². The van der Waals surface area contributed by atoms with Gasteiger partial charge in [-0.1, -0.05) is 13.0 Å². The average molecular weight is 470 g/mol. The molecular formula is C22H23N5O3S2. The Labute approximate surface area is 191 Å². The first-order chi connectivity index (χ1) is 15.0. The fourth-order valence-corrected chi connectivity index (χ4v) is 5.86. The zero-order chi connectivity index (χ0) is 23.4. The molecule has 0 saturated carbocycles. The number of benzene rings is 1. The van der Waals surface area contributed by atoms with E-state index < -0.39 is 15.7 Å². The van der Waals surface area contributed by atoms with E-state index in [1.165, 1.54) is 6.92 Å². The van der Waals surface area contributed by atoms with Crippen LogP contribution in [0.1, 0.15) is 35.0 Å². The number of hydrogen-bond acceptors (Lipinski definition) is 6. The quantitative estimate of drug-likeness (QED) is 0.544. The number of fused-ring (bicyclic) bond motifs is 1. The largest absolute Gasteiger partial charge is 0.318 e. The van der Waals surface area contributed by atoms with Crippen molar-refractivity contribution in [1.82, 2.24) is 9.47 Å². The molecule has 2 aliphatic heterocycles. The Bertz CT molecular complexity index is 1360. The first kappa shape index (κ1) is 22.2. The highest BCUT2D eigenvalue weighted by Crippen LogP contribution is 2.31. The van der Waals surface area contributed by atoms with Gasteiger partial charge in [-0.05, 0) is 68.7 Å². The molecule has 2 aliphatic rings. The van der Waals surface area contributed by atoms with Crippen molar-refractivity contribution in [1.29, 1.82) is 5.41 Å². The van der Waals surface area contributed by atoms with Crippen molar-refractivity contribution in [3.8, 4) is 5.69 Å². The number of nitrogens with zero attached hydrogens (tertiary/aromatic N) is 4. The number of amidine groups is 3. The topological polar surface area (TPSA) is 108 Å². The van der Waals surface area contributed by atoms with Gasteiger partial charge in [-0.25, -0.2) is 13.3 Å². The Morgan fingerprint density at radius 1 is 1.09 bits per heavy atom. The predicted molar refractivity (Wildman–Crippen MR) is 129 cm³/mol. The number of carbonyl (C=O) groups excluding carboxylic acids is 1. The highest BCUT2D eigenvalue weighted by molar-refractivity contribution is 8.16. The lowest BCUT2D eigenvalue weighted by Crippen LogP contribution is -2.45. The smallest absolute Gasteiger partial charge is 0.283 e. The molecule has 32 heavy (non-hydrogen) atoms. The van der Waals surface area contributed by atoms with Crippen LogP contribution in [0, 0.1) is 33.1 Å². The molecule has 0 saturated heterocycles. The number of hydrogen-bond donors (Lipinski definition) is 1. The molecule has 0 unspecified atom stereocenters. The molecule has 0 fully saturated rings. The van der Waals surface area contributed by atoms with Gasteiger partial charge in [0, 0.05) is 17.1 Å². The Hall–Kier alpha value is -2.98. The monoisotopic (exact) mass is 469 g/mol. The predicted octanol–water partition coefficient (Wildman–Crippen LogP) is 3.72. The maximum absolute atomic E-state index is 12.7. The van der Waals surface area contributed by atoms with Crippen LogP contribution in [0.5, 0.6) is 0 Å². The number of carbonyl (C=O) groups is 1. The zero-order valence-electron chi connectivity index (χ0n) is 18.4. The molecule has 166 valence electrons. The van der Waals surface area contributed by atoms with Gasteiger partial charge in [0.15, 0.2) is 0 Å². The Morgan fingerprint density at radius 2 is 1.75 bits per heavy atom. The van der Waals surface area contributed by atoms with Crippen LogP contribution in [0.15, 0.2) is 39.2 Å². The standard InChI is InChI=1S/C22H23N5O3S2/c1-6-32(29,30)22-25-31-21-24-20(28)18(19(23)27(21)22)11-16-10-14(4)26(15(16)5)17-8-12(2)7-13(3)9-17/h7-11,23H,6H2,1-5H3/b18-11-,23-19?. The summed E-state index contributed by atoms with van der Waals surface area (Å²) >= 11 is 0.794. The molecule has 1 aromatic carbocycles. The van der Waals surface area contributed by atoms with Crippen molar-refractivity contribution in [2.24, 2.45) is 9.39 Å². The van der Waals surface area contributed by atoms with Crippen LogP contribution in [0.25, 0.3) is 11.8 Å². The van der Waals surface area contributed by atoms with E-state index in [9.17, 15) is 13.2 Å². The van der Waals surface area contributed by atoms with Gasteiger partial charge in [0.25, 0.3) is 5.91 Å². The third-order valence-electron chi connectivity index (χ3n) is 5.39. The number of nitrogens with one attached hydrogen (secondary N) is 1. The third kappa shape index (κ3) is 3.63. The number of sulfone groups is 1. The van der Waals surface area contributed by atoms with E-state index in [1.807, 2.05) is 33.8 Å². The fraction of sp³-hybridized carbons (Fsp3) is 0.273. The van der Waals surface area contributed by atoms with Crippen LogP contribution >= 0.6 is 11.9 Å². The van der Waals surface area contributed by atoms with Crippen LogP contribution in [0.4, 0.5) is 0 Å². The van der Waals surface area contributed by atoms with Gasteiger partial charge in [0.1, 0.15) is 5.84 Å². The summed E-state index contributed by atoms with van der Waals surface area (Å²) in [7, 11) is -3.68. The lowest BCUT2D eigenvalue weighted by atomic mass is 10.1. The second-order valence-corrected chi connectivity index (χ2v) is 10.7. The second-order valence-electron chi connectivity index (χ2n) is 7.82. The summed E-state index contributed by atoms with van der Waals surface area (Å²) in [4.78, 5) is 17.8. The molecule has 0 atom stereocenters. The van der Waals surface area contributed by atoms with E-state index in [2.05, 4.69) is 32.2 Å². The van der Waals surface area contributed by atoms with Crippen molar-refractivity contribution in [2.75, 3.05) is 5.75 Å². The summed E-state index contributed by atoms with van der Waals surface area (Å²) in [6.07, 6.45) is 1.60. The first-order valence-corrected chi connectivity index (χ1v) is 12.4. The van der Waals surface area contributed by atoms with E-state index in [-0.39, 0.29) is 27.5 Å². The SMILES string of the molecule is CCS(=O)(=O)C1=NSC2=NC(=O)/C(=C\c3cc(C)n(-c4cc(C)cc(C)c4)c3C)C(=N)N21. The van der Waals surface area contributed by atoms with Gasteiger partial charge in [0.05, 0.1) is 23.3 Å². The molecule has 1 N–H and O–H groups in total. The molecule has 0 bridgehead atoms. The molecule has 1 amide bonds.